The quantitative estimate of drug-likeness (QED) is 0.352. The van der Waals surface area contributed by atoms with Crippen molar-refractivity contribution >= 4 is 27.6 Å². The molecule has 44 heavy (non-hydrogen) atoms. The molecule has 0 bridgehead atoms. The van der Waals surface area contributed by atoms with Crippen LogP contribution in [0.5, 0.6) is 11.5 Å². The Hall–Kier alpha value is -4.26. The van der Waals surface area contributed by atoms with Gasteiger partial charge in [0.05, 0.1) is 35.7 Å². The molecule has 9 nitrogen and oxygen atoms in total. The maximum Gasteiger partial charge on any atom is 0.416 e. The lowest BCUT2D eigenvalue weighted by molar-refractivity contribution is -0.145. The molecule has 1 atom stereocenters. The molecule has 0 spiro atoms. The predicted octanol–water partition coefficient (Wildman–Crippen LogP) is 5.44. The summed E-state index contributed by atoms with van der Waals surface area (Å²) in [5.74, 6) is -0.791. The number of halogens is 3. The third-order valence-corrected chi connectivity index (χ3v) is 9.70. The molecule has 234 valence electrons. The average molecular weight is 633 g/mol. The summed E-state index contributed by atoms with van der Waals surface area (Å²) >= 11 is 0. The Balaban J connectivity index is 1.44. The normalized spacial score (nSPS) is 17.5. The zero-order valence-corrected chi connectivity index (χ0v) is 24.6. The highest BCUT2D eigenvalue weighted by Gasteiger charge is 2.37. The number of anilines is 1. The summed E-state index contributed by atoms with van der Waals surface area (Å²) in [5, 5.41) is 9.21. The highest BCUT2D eigenvalue weighted by atomic mass is 32.2. The number of sulfonamides is 1. The molecule has 0 radical (unpaired) electrons. The molecule has 2 aliphatic heterocycles. The third-order valence-electron chi connectivity index (χ3n) is 7.92. The first-order chi connectivity index (χ1) is 20.9. The Morgan fingerprint density at radius 1 is 1.00 bits per heavy atom. The molecule has 1 saturated heterocycles. The van der Waals surface area contributed by atoms with Crippen LogP contribution in [0.15, 0.2) is 71.6 Å². The van der Waals surface area contributed by atoms with Gasteiger partial charge in [-0.1, -0.05) is 24.3 Å². The molecule has 2 aliphatic rings. The van der Waals surface area contributed by atoms with Crippen LogP contribution in [0.3, 0.4) is 0 Å². The molecule has 0 unspecified atom stereocenters. The Morgan fingerprint density at radius 2 is 1.70 bits per heavy atom. The second-order valence-corrected chi connectivity index (χ2v) is 12.6. The van der Waals surface area contributed by atoms with E-state index in [2.05, 4.69) is 0 Å². The Kier molecular flexibility index (Phi) is 8.78. The van der Waals surface area contributed by atoms with Gasteiger partial charge in [-0.05, 0) is 72.9 Å². The second-order valence-electron chi connectivity index (χ2n) is 10.7. The summed E-state index contributed by atoms with van der Waals surface area (Å²) in [5.41, 5.74) is 0.420. The number of hydrogen-bond acceptors (Lipinski definition) is 6. The first kappa shape index (κ1) is 31.2. The lowest BCUT2D eigenvalue weighted by atomic mass is 9.97. The van der Waals surface area contributed by atoms with Crippen molar-refractivity contribution in [3.63, 3.8) is 0 Å². The molecule has 0 aliphatic carbocycles. The van der Waals surface area contributed by atoms with Crippen LogP contribution < -0.4 is 13.8 Å². The van der Waals surface area contributed by atoms with Gasteiger partial charge in [-0.25, -0.2) is 8.42 Å². The molecule has 0 saturated carbocycles. The van der Waals surface area contributed by atoms with E-state index in [1.807, 2.05) is 6.07 Å². The van der Waals surface area contributed by atoms with E-state index in [0.29, 0.717) is 43.3 Å². The fraction of sp³-hybridized carbons (Fsp3) is 0.355. The zero-order valence-electron chi connectivity index (χ0n) is 23.8. The Labute approximate surface area is 252 Å². The minimum Gasteiger partial charge on any atom is -0.497 e. The first-order valence-electron chi connectivity index (χ1n) is 14.0. The second kappa shape index (κ2) is 12.4. The Morgan fingerprint density at radius 3 is 2.39 bits per heavy atom. The van der Waals surface area contributed by atoms with Crippen molar-refractivity contribution < 1.29 is 45.8 Å². The van der Waals surface area contributed by atoms with Crippen LogP contribution in [0.4, 0.5) is 18.9 Å². The number of nitrogens with zero attached hydrogens (tertiary/aromatic N) is 2. The number of carbonyl (C=O) groups excluding carboxylic acids is 1. The number of benzene rings is 3. The highest BCUT2D eigenvalue weighted by Crippen LogP contribution is 2.41. The van der Waals surface area contributed by atoms with Crippen LogP contribution in [-0.2, 0) is 25.8 Å². The topological polar surface area (TPSA) is 113 Å². The maximum absolute atomic E-state index is 14.0. The van der Waals surface area contributed by atoms with Gasteiger partial charge in [-0.2, -0.15) is 13.2 Å². The van der Waals surface area contributed by atoms with Gasteiger partial charge in [0.2, 0.25) is 5.91 Å². The average Bonchev–Trinajstić information content (AvgIpc) is 3.02. The summed E-state index contributed by atoms with van der Waals surface area (Å²) in [4.78, 5) is 25.2. The SMILES string of the molecule is COc1cccc(-c2ccc3c(c2)N(S(=O)(=O)c2cccc(C(F)(F)F)c2)C[C@H](CCC(=O)N2CCC(C(=O)O)CC2)O3)c1. The van der Waals surface area contributed by atoms with Gasteiger partial charge in [-0.15, -0.1) is 0 Å². The molecule has 13 heteroatoms. The molecule has 5 rings (SSSR count). The lowest BCUT2D eigenvalue weighted by Gasteiger charge is -2.36. The smallest absolute Gasteiger partial charge is 0.416 e. The summed E-state index contributed by atoms with van der Waals surface area (Å²) in [6.07, 6.45) is -4.64. The van der Waals surface area contributed by atoms with Crippen molar-refractivity contribution in [2.24, 2.45) is 5.92 Å². The molecule has 1 amide bonds. The number of methoxy groups -OCH3 is 1. The fourth-order valence-electron chi connectivity index (χ4n) is 5.45. The molecular formula is C31H31F3N2O7S. The van der Waals surface area contributed by atoms with Crippen molar-refractivity contribution in [1.29, 1.82) is 0 Å². The number of hydrogen-bond donors (Lipinski definition) is 1. The van der Waals surface area contributed by atoms with Crippen LogP contribution >= 0.6 is 0 Å². The number of carboxylic acid groups (broad SMARTS) is 1. The van der Waals surface area contributed by atoms with Crippen molar-refractivity contribution in [3.8, 4) is 22.6 Å². The van der Waals surface area contributed by atoms with E-state index in [0.717, 1.165) is 28.1 Å². The van der Waals surface area contributed by atoms with E-state index in [1.54, 1.807) is 41.3 Å². The number of piperidine rings is 1. The number of amides is 1. The highest BCUT2D eigenvalue weighted by molar-refractivity contribution is 7.92. The third kappa shape index (κ3) is 6.62. The largest absolute Gasteiger partial charge is 0.497 e. The number of alkyl halides is 3. The molecule has 1 fully saturated rings. The Bertz CT molecular complexity index is 1650. The number of rotatable bonds is 8. The van der Waals surface area contributed by atoms with Gasteiger partial charge in [-0.3, -0.25) is 13.9 Å². The molecule has 0 aromatic heterocycles. The molecular weight excluding hydrogens is 601 g/mol. The monoisotopic (exact) mass is 632 g/mol. The predicted molar refractivity (Wildman–Crippen MR) is 155 cm³/mol. The van der Waals surface area contributed by atoms with Gasteiger partial charge in [0.15, 0.2) is 0 Å². The summed E-state index contributed by atoms with van der Waals surface area (Å²) < 4.78 is 80.8. The molecule has 3 aromatic rings. The number of fused-ring (bicyclic) bond motifs is 1. The van der Waals surface area contributed by atoms with Crippen molar-refractivity contribution in [2.45, 2.75) is 42.9 Å². The maximum atomic E-state index is 14.0. The first-order valence-corrected chi connectivity index (χ1v) is 15.5. The summed E-state index contributed by atoms with van der Waals surface area (Å²) in [6.45, 7) is 0.391. The number of carbonyl (C=O) groups is 2. The number of ether oxygens (including phenoxy) is 2. The van der Waals surface area contributed by atoms with E-state index in [4.69, 9.17) is 9.47 Å². The van der Waals surface area contributed by atoms with Crippen molar-refractivity contribution in [1.82, 2.24) is 4.90 Å². The molecule has 2 heterocycles. The number of carboxylic acids is 1. The van der Waals surface area contributed by atoms with Gasteiger partial charge >= 0.3 is 12.1 Å². The fourth-order valence-corrected chi connectivity index (χ4v) is 7.00. The van der Waals surface area contributed by atoms with E-state index < -0.39 is 44.6 Å². The van der Waals surface area contributed by atoms with Gasteiger partial charge in [0, 0.05) is 19.5 Å². The van der Waals surface area contributed by atoms with E-state index in [-0.39, 0.29) is 36.7 Å². The summed E-state index contributed by atoms with van der Waals surface area (Å²) in [6, 6.07) is 15.6. The number of aliphatic carboxylic acids is 1. The number of likely N-dealkylation sites (tertiary alicyclic amines) is 1. The minimum absolute atomic E-state index is 0.0249. The minimum atomic E-state index is -4.74. The van der Waals surface area contributed by atoms with Crippen LogP contribution in [0.2, 0.25) is 0 Å². The summed E-state index contributed by atoms with van der Waals surface area (Å²) in [7, 11) is -2.98. The van der Waals surface area contributed by atoms with Crippen LogP contribution in [0, 0.1) is 5.92 Å². The van der Waals surface area contributed by atoms with Gasteiger partial charge in [0.1, 0.15) is 17.6 Å². The zero-order chi connectivity index (χ0) is 31.6. The van der Waals surface area contributed by atoms with Crippen LogP contribution in [0.1, 0.15) is 31.2 Å². The molecule has 3 aromatic carbocycles. The van der Waals surface area contributed by atoms with Crippen LogP contribution in [-0.4, -0.2) is 63.1 Å². The van der Waals surface area contributed by atoms with Crippen LogP contribution in [0.25, 0.3) is 11.1 Å². The van der Waals surface area contributed by atoms with E-state index in [1.165, 1.54) is 7.11 Å². The lowest BCUT2D eigenvalue weighted by Crippen LogP contribution is -2.44. The van der Waals surface area contributed by atoms with Gasteiger partial charge in [0.25, 0.3) is 10.0 Å². The standard InChI is InChI=1S/C31H31F3N2O7S/c1-42-24-6-2-4-21(16-24)22-8-10-28-27(17-22)36(44(40,41)26-7-3-5-23(18-26)31(32,33)34)19-25(43-28)9-11-29(37)35-14-12-20(13-15-35)30(38)39/h2-8,10,16-18,20,25H,9,11-15,19H2,1H3,(H,38,39)/t25-/m0/s1. The van der Waals surface area contributed by atoms with Gasteiger partial charge < -0.3 is 19.5 Å². The van der Waals surface area contributed by atoms with Crippen molar-refractivity contribution in [3.05, 3.63) is 72.3 Å². The van der Waals surface area contributed by atoms with E-state index >= 15 is 0 Å². The van der Waals surface area contributed by atoms with Crippen molar-refractivity contribution in [2.75, 3.05) is 31.0 Å². The molecule has 1 N–H and O–H groups in total. The van der Waals surface area contributed by atoms with E-state index in [9.17, 15) is 36.3 Å².